The van der Waals surface area contributed by atoms with Gasteiger partial charge in [0.2, 0.25) is 11.8 Å². The number of carboxylic acid groups (broad SMARTS) is 1. The van der Waals surface area contributed by atoms with Gasteiger partial charge in [-0.1, -0.05) is 6.42 Å². The van der Waals surface area contributed by atoms with Crippen LogP contribution in [0.3, 0.4) is 0 Å². The molecule has 0 aromatic heterocycles. The van der Waals surface area contributed by atoms with Crippen molar-refractivity contribution in [3.8, 4) is 0 Å². The van der Waals surface area contributed by atoms with E-state index < -0.39 is 11.4 Å². The molecule has 19 heavy (non-hydrogen) atoms. The summed E-state index contributed by atoms with van der Waals surface area (Å²) in [5.74, 6) is -1.32. The van der Waals surface area contributed by atoms with Crippen molar-refractivity contribution in [1.82, 2.24) is 10.2 Å². The topological polar surface area (TPSA) is 86.7 Å². The van der Waals surface area contributed by atoms with Crippen LogP contribution in [0.15, 0.2) is 0 Å². The smallest absolute Gasteiger partial charge is 0.319 e. The van der Waals surface area contributed by atoms with Gasteiger partial charge in [0, 0.05) is 26.1 Å². The second kappa shape index (κ2) is 5.19. The number of hydrogen-bond acceptors (Lipinski definition) is 3. The molecule has 1 heterocycles. The first-order valence-electron chi connectivity index (χ1n) is 6.75. The highest BCUT2D eigenvalue weighted by Gasteiger charge is 2.53. The third-order valence-corrected chi connectivity index (χ3v) is 4.43. The van der Waals surface area contributed by atoms with Crippen LogP contribution in [-0.2, 0) is 14.4 Å². The fraction of sp³-hybridized carbons (Fsp3) is 0.769. The molecule has 1 saturated carbocycles. The first-order valence-corrected chi connectivity index (χ1v) is 6.75. The van der Waals surface area contributed by atoms with Gasteiger partial charge >= 0.3 is 5.97 Å². The van der Waals surface area contributed by atoms with Gasteiger partial charge in [-0.05, 0) is 25.7 Å². The number of nitrogens with one attached hydrogen (secondary N) is 1. The Labute approximate surface area is 112 Å². The van der Waals surface area contributed by atoms with E-state index in [4.69, 9.17) is 0 Å². The van der Waals surface area contributed by atoms with Crippen molar-refractivity contribution in [2.75, 3.05) is 20.1 Å². The van der Waals surface area contributed by atoms with E-state index in [1.165, 1.54) is 0 Å². The van der Waals surface area contributed by atoms with Crippen molar-refractivity contribution >= 4 is 17.8 Å². The molecule has 2 N–H and O–H groups in total. The van der Waals surface area contributed by atoms with Crippen molar-refractivity contribution in [3.63, 3.8) is 0 Å². The molecule has 0 spiro atoms. The van der Waals surface area contributed by atoms with Crippen LogP contribution in [0.2, 0.25) is 0 Å². The zero-order valence-corrected chi connectivity index (χ0v) is 11.1. The maximum absolute atomic E-state index is 12.3. The van der Waals surface area contributed by atoms with Gasteiger partial charge in [-0.25, -0.2) is 0 Å². The van der Waals surface area contributed by atoms with Crippen LogP contribution in [0.25, 0.3) is 0 Å². The van der Waals surface area contributed by atoms with Gasteiger partial charge in [0.15, 0.2) is 0 Å². The quantitative estimate of drug-likeness (QED) is 0.717. The number of rotatable bonds is 3. The number of aliphatic carboxylic acids is 1. The number of piperidine rings is 1. The summed E-state index contributed by atoms with van der Waals surface area (Å²) in [6.45, 7) is 0.956. The van der Waals surface area contributed by atoms with Crippen molar-refractivity contribution < 1.29 is 19.5 Å². The molecule has 1 saturated heterocycles. The van der Waals surface area contributed by atoms with E-state index in [2.05, 4.69) is 5.32 Å². The lowest BCUT2D eigenvalue weighted by Gasteiger charge is -2.42. The Morgan fingerprint density at radius 2 is 1.79 bits per heavy atom. The Hall–Kier alpha value is -1.59. The first kappa shape index (κ1) is 13.8. The normalized spacial score (nSPS) is 22.5. The average molecular weight is 268 g/mol. The zero-order chi connectivity index (χ0) is 14.0. The Kier molecular flexibility index (Phi) is 3.78. The monoisotopic (exact) mass is 268 g/mol. The number of likely N-dealkylation sites (tertiary alicyclic amines) is 1. The van der Waals surface area contributed by atoms with E-state index in [1.54, 1.807) is 11.9 Å². The van der Waals surface area contributed by atoms with Crippen LogP contribution in [0.5, 0.6) is 0 Å². The summed E-state index contributed by atoms with van der Waals surface area (Å²) >= 11 is 0. The van der Waals surface area contributed by atoms with Crippen molar-refractivity contribution in [1.29, 1.82) is 0 Å². The highest BCUT2D eigenvalue weighted by atomic mass is 16.4. The number of hydrogen-bond donors (Lipinski definition) is 2. The van der Waals surface area contributed by atoms with Crippen LogP contribution >= 0.6 is 0 Å². The van der Waals surface area contributed by atoms with E-state index >= 15 is 0 Å². The van der Waals surface area contributed by atoms with Crippen molar-refractivity contribution in [2.45, 2.75) is 32.1 Å². The summed E-state index contributed by atoms with van der Waals surface area (Å²) in [7, 11) is 1.60. The van der Waals surface area contributed by atoms with E-state index in [0.29, 0.717) is 38.8 Å². The van der Waals surface area contributed by atoms with Gasteiger partial charge in [0.25, 0.3) is 0 Å². The molecule has 0 atom stereocenters. The fourth-order valence-corrected chi connectivity index (χ4v) is 2.90. The molecule has 0 unspecified atom stereocenters. The lowest BCUT2D eigenvalue weighted by Crippen LogP contribution is -2.54. The molecule has 2 fully saturated rings. The van der Waals surface area contributed by atoms with Gasteiger partial charge < -0.3 is 15.3 Å². The van der Waals surface area contributed by atoms with Crippen LogP contribution in [0, 0.1) is 11.3 Å². The molecule has 1 aliphatic carbocycles. The minimum Gasteiger partial charge on any atom is -0.480 e. The summed E-state index contributed by atoms with van der Waals surface area (Å²) in [6, 6.07) is 0. The van der Waals surface area contributed by atoms with Gasteiger partial charge in [-0.2, -0.15) is 0 Å². The minimum atomic E-state index is -1.18. The van der Waals surface area contributed by atoms with Crippen molar-refractivity contribution in [3.05, 3.63) is 0 Å². The molecule has 0 aromatic carbocycles. The van der Waals surface area contributed by atoms with Gasteiger partial charge in [0.05, 0.1) is 0 Å². The largest absolute Gasteiger partial charge is 0.480 e. The Morgan fingerprint density at radius 3 is 2.16 bits per heavy atom. The van der Waals surface area contributed by atoms with E-state index in [0.717, 1.165) is 6.42 Å². The Morgan fingerprint density at radius 1 is 1.21 bits per heavy atom. The van der Waals surface area contributed by atoms with Crippen LogP contribution in [0.4, 0.5) is 0 Å². The average Bonchev–Trinajstić information content (AvgIpc) is 2.36. The predicted octanol–water partition coefficient (Wildman–Crippen LogP) is 0.226. The fourth-order valence-electron chi connectivity index (χ4n) is 2.90. The highest BCUT2D eigenvalue weighted by molar-refractivity contribution is 6.02. The van der Waals surface area contributed by atoms with Gasteiger partial charge in [-0.3, -0.25) is 14.4 Å². The molecular weight excluding hydrogens is 248 g/mol. The highest BCUT2D eigenvalue weighted by Crippen LogP contribution is 2.43. The summed E-state index contributed by atoms with van der Waals surface area (Å²) < 4.78 is 0. The Bertz CT molecular complexity index is 395. The molecule has 6 heteroatoms. The molecule has 1 aliphatic heterocycles. The predicted molar refractivity (Wildman–Crippen MR) is 67.3 cm³/mol. The zero-order valence-electron chi connectivity index (χ0n) is 11.1. The first-order chi connectivity index (χ1) is 9.01. The standard InChI is InChI=1S/C13H20N2O4/c1-14-10(16)9-3-7-15(8-4-9)11(17)13(12(18)19)5-2-6-13/h9H,2-8H2,1H3,(H,14,16)(H,18,19). The van der Waals surface area contributed by atoms with E-state index in [1.807, 2.05) is 0 Å². The number of carboxylic acids is 1. The molecule has 6 nitrogen and oxygen atoms in total. The number of amides is 2. The number of carbonyl (C=O) groups is 3. The molecule has 2 amide bonds. The van der Waals surface area contributed by atoms with Crippen molar-refractivity contribution in [2.24, 2.45) is 11.3 Å². The summed E-state index contributed by atoms with van der Waals surface area (Å²) in [5, 5.41) is 11.9. The molecule has 106 valence electrons. The lowest BCUT2D eigenvalue weighted by atomic mass is 9.67. The third kappa shape index (κ3) is 2.31. The number of carbonyl (C=O) groups excluding carboxylic acids is 2. The van der Waals surface area contributed by atoms with Crippen LogP contribution in [-0.4, -0.2) is 47.9 Å². The number of nitrogens with zero attached hydrogens (tertiary/aromatic N) is 1. The minimum absolute atomic E-state index is 0.00342. The molecular formula is C13H20N2O4. The second-order valence-electron chi connectivity index (χ2n) is 5.42. The molecule has 2 rings (SSSR count). The maximum Gasteiger partial charge on any atom is 0.319 e. The lowest BCUT2D eigenvalue weighted by molar-refractivity contribution is -0.168. The summed E-state index contributed by atoms with van der Waals surface area (Å²) in [4.78, 5) is 36.8. The summed E-state index contributed by atoms with van der Waals surface area (Å²) in [5.41, 5.74) is -1.18. The summed E-state index contributed by atoms with van der Waals surface area (Å²) in [6.07, 6.45) is 2.90. The second-order valence-corrected chi connectivity index (χ2v) is 5.42. The van der Waals surface area contributed by atoms with E-state index in [9.17, 15) is 19.5 Å². The maximum atomic E-state index is 12.3. The third-order valence-electron chi connectivity index (χ3n) is 4.43. The van der Waals surface area contributed by atoms with Gasteiger partial charge in [-0.15, -0.1) is 0 Å². The SMILES string of the molecule is CNC(=O)C1CCN(C(=O)C2(C(=O)O)CCC2)CC1. The van der Waals surface area contributed by atoms with Gasteiger partial charge in [0.1, 0.15) is 5.41 Å². The Balaban J connectivity index is 1.96. The molecule has 0 radical (unpaired) electrons. The molecule has 0 bridgehead atoms. The van der Waals surface area contributed by atoms with Crippen LogP contribution < -0.4 is 5.32 Å². The molecule has 0 aromatic rings. The van der Waals surface area contributed by atoms with E-state index in [-0.39, 0.29) is 17.7 Å². The molecule has 2 aliphatic rings. The van der Waals surface area contributed by atoms with Crippen LogP contribution in [0.1, 0.15) is 32.1 Å².